The summed E-state index contributed by atoms with van der Waals surface area (Å²) in [5, 5.41) is 4.92. The van der Waals surface area contributed by atoms with E-state index >= 15 is 0 Å². The molecule has 0 bridgehead atoms. The van der Waals surface area contributed by atoms with E-state index in [-0.39, 0.29) is 18.5 Å². The molecule has 7 nitrogen and oxygen atoms in total. The summed E-state index contributed by atoms with van der Waals surface area (Å²) < 4.78 is 26.9. The highest BCUT2D eigenvalue weighted by atomic mass is 35.5. The lowest BCUT2D eigenvalue weighted by Crippen LogP contribution is -2.52. The molecule has 0 heterocycles. The van der Waals surface area contributed by atoms with Crippen molar-refractivity contribution in [3.8, 4) is 0 Å². The number of carbonyl (C=O) groups excluding carboxylic acids is 2. The third-order valence-electron chi connectivity index (χ3n) is 6.18. The molecule has 9 heteroatoms. The van der Waals surface area contributed by atoms with Crippen molar-refractivity contribution in [1.82, 2.24) is 10.2 Å². The van der Waals surface area contributed by atoms with Gasteiger partial charge in [0, 0.05) is 23.0 Å². The van der Waals surface area contributed by atoms with Crippen molar-refractivity contribution in [1.29, 1.82) is 0 Å². The SMILES string of the molecule is CC[C@H](C)NC(=O)[C@@H](C)N(Cc1ccccc1Cl)C(=O)CN(c1cccc2ccccc12)S(C)(=O)=O. The van der Waals surface area contributed by atoms with Crippen LogP contribution in [0.25, 0.3) is 10.8 Å². The molecule has 0 aliphatic carbocycles. The van der Waals surface area contributed by atoms with E-state index in [0.29, 0.717) is 21.7 Å². The molecule has 0 saturated carbocycles. The molecular weight excluding hydrogens is 498 g/mol. The minimum absolute atomic E-state index is 0.0563. The van der Waals surface area contributed by atoms with Crippen molar-refractivity contribution in [2.45, 2.75) is 45.8 Å². The van der Waals surface area contributed by atoms with Gasteiger partial charge < -0.3 is 10.2 Å². The summed E-state index contributed by atoms with van der Waals surface area (Å²) in [6.45, 7) is 5.07. The van der Waals surface area contributed by atoms with Gasteiger partial charge in [0.2, 0.25) is 21.8 Å². The first-order valence-electron chi connectivity index (χ1n) is 11.8. The molecule has 192 valence electrons. The maximum atomic E-state index is 13.7. The third-order valence-corrected chi connectivity index (χ3v) is 7.68. The van der Waals surface area contributed by atoms with Gasteiger partial charge in [0.1, 0.15) is 12.6 Å². The van der Waals surface area contributed by atoms with E-state index in [4.69, 9.17) is 11.6 Å². The first kappa shape index (κ1) is 27.5. The normalized spacial score (nSPS) is 13.1. The summed E-state index contributed by atoms with van der Waals surface area (Å²) in [5.41, 5.74) is 1.06. The number of anilines is 1. The summed E-state index contributed by atoms with van der Waals surface area (Å²) >= 11 is 6.36. The van der Waals surface area contributed by atoms with E-state index in [0.717, 1.165) is 22.4 Å². The molecule has 2 atom stereocenters. The predicted octanol–water partition coefficient (Wildman–Crippen LogP) is 4.59. The zero-order valence-corrected chi connectivity index (χ0v) is 22.5. The van der Waals surface area contributed by atoms with Gasteiger partial charge in [0.15, 0.2) is 0 Å². The molecule has 3 aromatic carbocycles. The fourth-order valence-electron chi connectivity index (χ4n) is 3.88. The van der Waals surface area contributed by atoms with E-state index in [9.17, 15) is 18.0 Å². The van der Waals surface area contributed by atoms with Gasteiger partial charge in [-0.3, -0.25) is 13.9 Å². The molecule has 0 spiro atoms. The zero-order chi connectivity index (χ0) is 26.5. The molecule has 3 rings (SSSR count). The van der Waals surface area contributed by atoms with Gasteiger partial charge in [-0.25, -0.2) is 8.42 Å². The van der Waals surface area contributed by atoms with Gasteiger partial charge >= 0.3 is 0 Å². The molecular formula is C27H32ClN3O4S. The molecule has 0 aromatic heterocycles. The Balaban J connectivity index is 2.00. The van der Waals surface area contributed by atoms with Crippen LogP contribution in [0.2, 0.25) is 5.02 Å². The van der Waals surface area contributed by atoms with Gasteiger partial charge in [0.25, 0.3) is 0 Å². The lowest BCUT2D eigenvalue weighted by Gasteiger charge is -2.32. The predicted molar refractivity (Wildman–Crippen MR) is 145 cm³/mol. The summed E-state index contributed by atoms with van der Waals surface area (Å²) in [6.07, 6.45) is 1.80. The molecule has 3 aromatic rings. The van der Waals surface area contributed by atoms with Crippen LogP contribution in [0.1, 0.15) is 32.8 Å². The summed E-state index contributed by atoms with van der Waals surface area (Å²) in [5.74, 6) is -0.832. The fourth-order valence-corrected chi connectivity index (χ4v) is 4.94. The molecule has 0 fully saturated rings. The Labute approximate surface area is 218 Å². The van der Waals surface area contributed by atoms with Crippen LogP contribution >= 0.6 is 11.6 Å². The zero-order valence-electron chi connectivity index (χ0n) is 20.9. The van der Waals surface area contributed by atoms with Crippen molar-refractivity contribution in [3.05, 3.63) is 77.3 Å². The van der Waals surface area contributed by atoms with Crippen LogP contribution < -0.4 is 9.62 Å². The summed E-state index contributed by atoms with van der Waals surface area (Å²) in [6, 6.07) is 18.8. The second-order valence-electron chi connectivity index (χ2n) is 8.87. The second kappa shape index (κ2) is 11.8. The lowest BCUT2D eigenvalue weighted by atomic mass is 10.1. The van der Waals surface area contributed by atoms with Crippen molar-refractivity contribution in [2.75, 3.05) is 17.1 Å². The van der Waals surface area contributed by atoms with Crippen LogP contribution in [0.5, 0.6) is 0 Å². The molecule has 36 heavy (non-hydrogen) atoms. The standard InChI is InChI=1S/C27H32ClN3O4S/c1-5-19(2)29-27(33)20(3)30(17-22-12-7-9-15-24(22)28)26(32)18-31(36(4,34)35)25-16-10-13-21-11-6-8-14-23(21)25/h6-16,19-20H,5,17-18H2,1-4H3,(H,29,33)/t19-,20+/m0/s1. The van der Waals surface area contributed by atoms with Crippen molar-refractivity contribution in [3.63, 3.8) is 0 Å². The Hall–Kier alpha value is -3.10. The Bertz CT molecular complexity index is 1340. The minimum Gasteiger partial charge on any atom is -0.352 e. The number of sulfonamides is 1. The van der Waals surface area contributed by atoms with E-state index in [1.807, 2.05) is 44.2 Å². The maximum absolute atomic E-state index is 13.7. The van der Waals surface area contributed by atoms with Gasteiger partial charge in [-0.2, -0.15) is 0 Å². The molecule has 1 N–H and O–H groups in total. The highest BCUT2D eigenvalue weighted by Crippen LogP contribution is 2.29. The van der Waals surface area contributed by atoms with E-state index < -0.39 is 28.5 Å². The molecule has 2 amide bonds. The largest absolute Gasteiger partial charge is 0.352 e. The summed E-state index contributed by atoms with van der Waals surface area (Å²) in [4.78, 5) is 28.1. The molecule has 0 saturated heterocycles. The quantitative estimate of drug-likeness (QED) is 0.416. The lowest BCUT2D eigenvalue weighted by molar-refractivity contribution is -0.139. The number of nitrogens with one attached hydrogen (secondary N) is 1. The van der Waals surface area contributed by atoms with Gasteiger partial charge in [-0.05, 0) is 43.4 Å². The number of fused-ring (bicyclic) bond motifs is 1. The number of nitrogens with zero attached hydrogens (tertiary/aromatic N) is 2. The number of halogens is 1. The smallest absolute Gasteiger partial charge is 0.244 e. The average Bonchev–Trinajstić information content (AvgIpc) is 2.85. The van der Waals surface area contributed by atoms with Crippen LogP contribution in [0.3, 0.4) is 0 Å². The topological polar surface area (TPSA) is 86.8 Å². The van der Waals surface area contributed by atoms with Gasteiger partial charge in [-0.1, -0.05) is 73.1 Å². The Morgan fingerprint density at radius 1 is 0.972 bits per heavy atom. The Morgan fingerprint density at radius 2 is 1.61 bits per heavy atom. The highest BCUT2D eigenvalue weighted by Gasteiger charge is 2.31. The fraction of sp³-hybridized carbons (Fsp3) is 0.333. The molecule has 0 radical (unpaired) electrons. The first-order valence-corrected chi connectivity index (χ1v) is 14.0. The number of hydrogen-bond acceptors (Lipinski definition) is 4. The monoisotopic (exact) mass is 529 g/mol. The maximum Gasteiger partial charge on any atom is 0.244 e. The minimum atomic E-state index is -3.83. The van der Waals surface area contributed by atoms with Crippen LogP contribution in [-0.2, 0) is 26.2 Å². The molecule has 0 unspecified atom stereocenters. The highest BCUT2D eigenvalue weighted by molar-refractivity contribution is 7.92. The van der Waals surface area contributed by atoms with Crippen molar-refractivity contribution in [2.24, 2.45) is 0 Å². The van der Waals surface area contributed by atoms with Crippen LogP contribution in [0, 0.1) is 0 Å². The summed E-state index contributed by atoms with van der Waals surface area (Å²) in [7, 11) is -3.83. The number of amides is 2. The van der Waals surface area contributed by atoms with E-state index in [2.05, 4.69) is 5.32 Å². The van der Waals surface area contributed by atoms with Crippen LogP contribution in [0.4, 0.5) is 5.69 Å². The van der Waals surface area contributed by atoms with Gasteiger partial charge in [0.05, 0.1) is 11.9 Å². The Kier molecular flexibility index (Phi) is 8.98. The second-order valence-corrected chi connectivity index (χ2v) is 11.2. The van der Waals surface area contributed by atoms with Crippen LogP contribution in [0.15, 0.2) is 66.7 Å². The Morgan fingerprint density at radius 3 is 2.28 bits per heavy atom. The number of rotatable bonds is 10. The first-order chi connectivity index (χ1) is 17.0. The van der Waals surface area contributed by atoms with Crippen molar-refractivity contribution < 1.29 is 18.0 Å². The third kappa shape index (κ3) is 6.56. The van der Waals surface area contributed by atoms with E-state index in [1.54, 1.807) is 43.3 Å². The number of hydrogen-bond donors (Lipinski definition) is 1. The number of carbonyl (C=O) groups is 2. The van der Waals surface area contributed by atoms with E-state index in [1.165, 1.54) is 4.90 Å². The average molecular weight is 530 g/mol. The molecule has 0 aliphatic heterocycles. The van der Waals surface area contributed by atoms with Gasteiger partial charge in [-0.15, -0.1) is 0 Å². The van der Waals surface area contributed by atoms with Crippen molar-refractivity contribution >= 4 is 49.9 Å². The molecule has 0 aliphatic rings. The van der Waals surface area contributed by atoms with Crippen LogP contribution in [-0.4, -0.2) is 50.0 Å². The number of benzene rings is 3.